The van der Waals surface area contributed by atoms with Gasteiger partial charge >= 0.3 is 6.09 Å². The topological polar surface area (TPSA) is 181 Å². The standard InChI is InChI=1S/C20H39NO3.C20H38O3.C6H14N2O2.C4H9NO.C3H6O.C3H8.C2H6/c1-20(2,15-5-9-17(22)10-6-15)16-7-11-18(12-8-16)24-14-19(23-4)13-21-3;1-4-22-18-10-6-16(7-11-18)20(2,3)17-8-12-19(13-9-17)23-15-5-14-21;1-3-8-6(9)10-5-4-7-2;1-2-3-5-4-6;1-3-2-4-3;1-3-2;1-2/h15-19,21-22H,5-14H2,1-4H3;16-19,21H,4-15H2,1-3H3;7H,3-5H2,1-2H3,(H,8,9);4H,2-3H2,1H3,(H,5,6);3H,2H2,1H3;3H2,1-2H3;1-2H3. The lowest BCUT2D eigenvalue weighted by Gasteiger charge is -2.46. The molecule has 0 spiro atoms. The Labute approximate surface area is 443 Å². The molecule has 5 aliphatic rings. The predicted octanol–water partition coefficient (Wildman–Crippen LogP) is 10.9. The normalized spacial score (nSPS) is 26.0. The van der Waals surface area contributed by atoms with Crippen LogP contribution in [-0.4, -0.2) is 146 Å². The highest BCUT2D eigenvalue weighted by Crippen LogP contribution is 2.50. The summed E-state index contributed by atoms with van der Waals surface area (Å²) in [5.41, 5.74) is 0.847. The fourth-order valence-corrected chi connectivity index (χ4v) is 10.4. The maximum atomic E-state index is 10.6. The first-order chi connectivity index (χ1) is 34.6. The highest BCUT2D eigenvalue weighted by atomic mass is 16.6. The average Bonchev–Trinajstić information content (AvgIpc) is 4.19. The van der Waals surface area contributed by atoms with E-state index >= 15 is 0 Å². The molecule has 1 heterocycles. The van der Waals surface area contributed by atoms with Gasteiger partial charge in [-0.2, -0.15) is 0 Å². The van der Waals surface area contributed by atoms with Gasteiger partial charge in [0.2, 0.25) is 6.41 Å². The van der Waals surface area contributed by atoms with Crippen molar-refractivity contribution in [1.29, 1.82) is 0 Å². The third-order valence-corrected chi connectivity index (χ3v) is 15.2. The fraction of sp³-hybridized carbons (Fsp3) is 0.966. The maximum absolute atomic E-state index is 10.6. The Morgan fingerprint density at radius 2 is 1.12 bits per heavy atom. The molecule has 4 aliphatic carbocycles. The largest absolute Gasteiger partial charge is 0.448 e. The quantitative estimate of drug-likeness (QED) is 0.0324. The molecule has 0 aromatic carbocycles. The molecule has 0 aromatic heterocycles. The van der Waals surface area contributed by atoms with Gasteiger partial charge in [-0.15, -0.1) is 0 Å². The Hall–Kier alpha value is -1.62. The number of amides is 2. The minimum absolute atomic E-state index is 0.0486. The van der Waals surface area contributed by atoms with Crippen molar-refractivity contribution in [3.8, 4) is 0 Å². The summed E-state index contributed by atoms with van der Waals surface area (Å²) >= 11 is 0. The van der Waals surface area contributed by atoms with E-state index in [1.54, 1.807) is 14.2 Å². The molecule has 14 nitrogen and oxygen atoms in total. The molecule has 1 saturated heterocycles. The summed E-state index contributed by atoms with van der Waals surface area (Å²) in [6.45, 7) is 33.1. The molecule has 0 aromatic rings. The van der Waals surface area contributed by atoms with Crippen molar-refractivity contribution < 1.29 is 48.2 Å². The van der Waals surface area contributed by atoms with E-state index in [-0.39, 0.29) is 24.9 Å². The van der Waals surface area contributed by atoms with E-state index in [0.29, 0.717) is 68.0 Å². The molecule has 432 valence electrons. The number of hydrogen-bond donors (Lipinski definition) is 6. The highest BCUT2D eigenvalue weighted by molar-refractivity contribution is 5.66. The second-order valence-corrected chi connectivity index (χ2v) is 21.4. The average molecular weight is 1030 g/mol. The third-order valence-electron chi connectivity index (χ3n) is 15.2. The first-order valence-corrected chi connectivity index (χ1v) is 29.2. The highest BCUT2D eigenvalue weighted by Gasteiger charge is 2.42. The van der Waals surface area contributed by atoms with Crippen molar-refractivity contribution >= 4 is 12.5 Å². The monoisotopic (exact) mass is 1030 g/mol. The van der Waals surface area contributed by atoms with Crippen LogP contribution in [0, 0.1) is 34.5 Å². The first-order valence-electron chi connectivity index (χ1n) is 29.2. The van der Waals surface area contributed by atoms with Crippen LogP contribution in [0.2, 0.25) is 0 Å². The Kier molecular flexibility index (Phi) is 47.0. The van der Waals surface area contributed by atoms with E-state index in [9.17, 15) is 14.7 Å². The smallest absolute Gasteiger partial charge is 0.407 e. The Balaban J connectivity index is 0. The van der Waals surface area contributed by atoms with Crippen LogP contribution in [0.4, 0.5) is 4.79 Å². The van der Waals surface area contributed by atoms with E-state index in [0.717, 1.165) is 82.3 Å². The number of carbonyl (C=O) groups is 2. The van der Waals surface area contributed by atoms with E-state index in [2.05, 4.69) is 76.7 Å². The Morgan fingerprint density at radius 3 is 1.46 bits per heavy atom. The molecule has 6 N–H and O–H groups in total. The molecular formula is C58H120N4O10. The van der Waals surface area contributed by atoms with Crippen LogP contribution in [-0.2, 0) is 33.2 Å². The summed E-state index contributed by atoms with van der Waals surface area (Å²) in [4.78, 5) is 20.0. The van der Waals surface area contributed by atoms with E-state index in [4.69, 9.17) is 33.5 Å². The van der Waals surface area contributed by atoms with Crippen molar-refractivity contribution in [3.63, 3.8) is 0 Å². The molecule has 5 rings (SSSR count). The number of alkyl carbamates (subject to hydrolysis) is 1. The van der Waals surface area contributed by atoms with Crippen molar-refractivity contribution in [1.82, 2.24) is 21.3 Å². The van der Waals surface area contributed by atoms with Gasteiger partial charge < -0.3 is 59.9 Å². The zero-order chi connectivity index (χ0) is 54.6. The minimum Gasteiger partial charge on any atom is -0.448 e. The SMILES string of the molecule is CC.CC1CO1.CCC.CCCNC=O.CCNC(=O)OCCNC.CCOC1CCC(C(C)(C)C2CCC(OCCCO)CC2)CC1.CNCC(COC1CCC(C(C)(C)C2CCC(O)CC2)CC1)OC. The molecule has 2 unspecified atom stereocenters. The lowest BCUT2D eigenvalue weighted by atomic mass is 9.60. The second-order valence-electron chi connectivity index (χ2n) is 21.4. The van der Waals surface area contributed by atoms with Gasteiger partial charge in [-0.3, -0.25) is 4.79 Å². The lowest BCUT2D eigenvalue weighted by Crippen LogP contribution is -2.39. The third kappa shape index (κ3) is 34.9. The number of rotatable bonds is 23. The minimum atomic E-state index is -0.349. The van der Waals surface area contributed by atoms with Crippen LogP contribution in [0.3, 0.4) is 0 Å². The number of methoxy groups -OCH3 is 1. The summed E-state index contributed by atoms with van der Waals surface area (Å²) in [5, 5.41) is 29.7. The van der Waals surface area contributed by atoms with Gasteiger partial charge in [0.15, 0.2) is 0 Å². The number of aliphatic hydroxyl groups excluding tert-OH is 2. The van der Waals surface area contributed by atoms with Crippen molar-refractivity contribution in [2.75, 3.05) is 87.0 Å². The van der Waals surface area contributed by atoms with Crippen molar-refractivity contribution in [3.05, 3.63) is 0 Å². The molecule has 2 atom stereocenters. The number of epoxide rings is 1. The zero-order valence-electron chi connectivity index (χ0n) is 49.5. The van der Waals surface area contributed by atoms with Gasteiger partial charge in [-0.1, -0.05) is 68.7 Å². The lowest BCUT2D eigenvalue weighted by molar-refractivity contribution is -0.109. The van der Waals surface area contributed by atoms with E-state index in [1.165, 1.54) is 96.3 Å². The fourth-order valence-electron chi connectivity index (χ4n) is 10.4. The second kappa shape index (κ2) is 46.7. The van der Waals surface area contributed by atoms with Crippen LogP contribution in [0.1, 0.15) is 205 Å². The first kappa shape index (κ1) is 72.5. The molecule has 0 bridgehead atoms. The van der Waals surface area contributed by atoms with Gasteiger partial charge in [-0.05, 0) is 185 Å². The van der Waals surface area contributed by atoms with E-state index in [1.807, 2.05) is 34.7 Å². The molecule has 0 radical (unpaired) electrons. The maximum Gasteiger partial charge on any atom is 0.407 e. The molecule has 4 saturated carbocycles. The molecule has 2 amide bonds. The molecule has 5 fully saturated rings. The molecule has 14 heteroatoms. The number of hydrogen-bond acceptors (Lipinski definition) is 12. The van der Waals surface area contributed by atoms with Crippen LogP contribution >= 0.6 is 0 Å². The summed E-state index contributed by atoms with van der Waals surface area (Å²) in [6.07, 6.45) is 24.9. The number of ether oxygens (including phenoxy) is 6. The van der Waals surface area contributed by atoms with Crippen LogP contribution in [0.15, 0.2) is 0 Å². The van der Waals surface area contributed by atoms with Gasteiger partial charge in [-0.25, -0.2) is 4.79 Å². The summed E-state index contributed by atoms with van der Waals surface area (Å²) in [7, 11) is 5.51. The molecular weight excluding hydrogens is 913 g/mol. The number of aliphatic hydroxyl groups is 2. The van der Waals surface area contributed by atoms with Gasteiger partial charge in [0.25, 0.3) is 0 Å². The van der Waals surface area contributed by atoms with E-state index < -0.39 is 0 Å². The summed E-state index contributed by atoms with van der Waals surface area (Å²) in [6, 6.07) is 0. The van der Waals surface area contributed by atoms with Crippen molar-refractivity contribution in [2.24, 2.45) is 34.5 Å². The summed E-state index contributed by atoms with van der Waals surface area (Å²) in [5.74, 6) is 3.27. The zero-order valence-corrected chi connectivity index (χ0v) is 49.5. The molecule has 72 heavy (non-hydrogen) atoms. The molecule has 1 aliphatic heterocycles. The van der Waals surface area contributed by atoms with Crippen LogP contribution in [0.5, 0.6) is 0 Å². The Bertz CT molecular complexity index is 1180. The number of likely N-dealkylation sites (N-methyl/N-ethyl adjacent to an activating group) is 2. The van der Waals surface area contributed by atoms with Gasteiger partial charge in [0.1, 0.15) is 6.61 Å². The van der Waals surface area contributed by atoms with Crippen LogP contribution < -0.4 is 21.3 Å². The Morgan fingerprint density at radius 1 is 0.694 bits per heavy atom. The van der Waals surface area contributed by atoms with Crippen molar-refractivity contribution in [2.45, 2.75) is 242 Å². The van der Waals surface area contributed by atoms with Gasteiger partial charge in [0, 0.05) is 53.1 Å². The van der Waals surface area contributed by atoms with Crippen LogP contribution in [0.25, 0.3) is 0 Å². The van der Waals surface area contributed by atoms with Gasteiger partial charge in [0.05, 0.1) is 49.8 Å². The number of nitrogens with one attached hydrogen (secondary N) is 4. The summed E-state index contributed by atoms with van der Waals surface area (Å²) < 4.78 is 32.7. The predicted molar refractivity (Wildman–Crippen MR) is 299 cm³/mol. The number of carbonyl (C=O) groups excluding carboxylic acids is 2.